The Balaban J connectivity index is 3.27. The molecule has 1 N–H and O–H groups in total. The number of aliphatic hydroxyl groups excluding tert-OH is 1. The summed E-state index contributed by atoms with van der Waals surface area (Å²) in [6.45, 7) is 3.90. The predicted octanol–water partition coefficient (Wildman–Crippen LogP) is 0.766. The highest BCUT2D eigenvalue weighted by atomic mass is 16.7. The Morgan fingerprint density at radius 3 is 2.40 bits per heavy atom. The second-order valence-electron chi connectivity index (χ2n) is 2.26. The van der Waals surface area contributed by atoms with Crippen molar-refractivity contribution >= 4 is 0 Å². The van der Waals surface area contributed by atoms with Crippen molar-refractivity contribution in [2.45, 2.75) is 32.7 Å². The fourth-order valence-corrected chi connectivity index (χ4v) is 0.633. The van der Waals surface area contributed by atoms with E-state index in [4.69, 9.17) is 14.6 Å². The first-order chi connectivity index (χ1) is 4.70. The lowest BCUT2D eigenvalue weighted by Crippen LogP contribution is -2.19. The van der Waals surface area contributed by atoms with Crippen LogP contribution < -0.4 is 0 Å². The van der Waals surface area contributed by atoms with E-state index in [0.717, 1.165) is 0 Å². The lowest BCUT2D eigenvalue weighted by Gasteiger charge is -2.16. The largest absolute Gasteiger partial charge is 0.396 e. The summed E-state index contributed by atoms with van der Waals surface area (Å²) in [6, 6.07) is 0. The van der Waals surface area contributed by atoms with E-state index >= 15 is 0 Å². The van der Waals surface area contributed by atoms with E-state index in [9.17, 15) is 0 Å². The fourth-order valence-electron chi connectivity index (χ4n) is 0.633. The minimum atomic E-state index is -0.179. The van der Waals surface area contributed by atoms with Gasteiger partial charge in [-0.25, -0.2) is 0 Å². The average molecular weight is 148 g/mol. The summed E-state index contributed by atoms with van der Waals surface area (Å²) in [5.74, 6) is 0. The molecule has 0 spiro atoms. The number of hydrogen-bond donors (Lipinski definition) is 1. The molecule has 0 aliphatic heterocycles. The summed E-state index contributed by atoms with van der Waals surface area (Å²) >= 11 is 0. The lowest BCUT2D eigenvalue weighted by atomic mass is 10.3. The molecule has 0 aromatic heterocycles. The standard InChI is InChI=1S/C7H16O3/c1-6(4-5-8)10-7(2)9-3/h6-8H,4-5H2,1-3H3/t6-,7+/m1/s1. The van der Waals surface area contributed by atoms with Crippen molar-refractivity contribution in [2.75, 3.05) is 13.7 Å². The van der Waals surface area contributed by atoms with Crippen molar-refractivity contribution in [3.8, 4) is 0 Å². The van der Waals surface area contributed by atoms with Crippen molar-refractivity contribution in [2.24, 2.45) is 0 Å². The van der Waals surface area contributed by atoms with Gasteiger partial charge in [0, 0.05) is 13.7 Å². The monoisotopic (exact) mass is 148 g/mol. The van der Waals surface area contributed by atoms with E-state index in [2.05, 4.69) is 0 Å². The molecular formula is C7H16O3. The van der Waals surface area contributed by atoms with Gasteiger partial charge in [-0.05, 0) is 20.3 Å². The summed E-state index contributed by atoms with van der Waals surface area (Å²) in [7, 11) is 1.59. The molecule has 62 valence electrons. The van der Waals surface area contributed by atoms with Crippen molar-refractivity contribution in [3.05, 3.63) is 0 Å². The Hall–Kier alpha value is -0.120. The zero-order valence-corrected chi connectivity index (χ0v) is 6.83. The van der Waals surface area contributed by atoms with Crippen LogP contribution in [0.15, 0.2) is 0 Å². The predicted molar refractivity (Wildman–Crippen MR) is 38.7 cm³/mol. The molecule has 0 saturated carbocycles. The Morgan fingerprint density at radius 1 is 1.40 bits per heavy atom. The van der Waals surface area contributed by atoms with Crippen molar-refractivity contribution < 1.29 is 14.6 Å². The van der Waals surface area contributed by atoms with E-state index in [1.54, 1.807) is 7.11 Å². The van der Waals surface area contributed by atoms with Gasteiger partial charge in [0.25, 0.3) is 0 Å². The summed E-state index contributed by atoms with van der Waals surface area (Å²) in [4.78, 5) is 0. The van der Waals surface area contributed by atoms with Gasteiger partial charge in [-0.1, -0.05) is 0 Å². The third-order valence-corrected chi connectivity index (χ3v) is 1.29. The van der Waals surface area contributed by atoms with Crippen molar-refractivity contribution in [1.82, 2.24) is 0 Å². The molecule has 2 atom stereocenters. The molecule has 0 fully saturated rings. The molecule has 0 aromatic carbocycles. The van der Waals surface area contributed by atoms with Gasteiger partial charge in [0.15, 0.2) is 6.29 Å². The van der Waals surface area contributed by atoms with Gasteiger partial charge in [-0.3, -0.25) is 0 Å². The molecular weight excluding hydrogens is 132 g/mol. The second-order valence-corrected chi connectivity index (χ2v) is 2.26. The topological polar surface area (TPSA) is 38.7 Å². The Kier molecular flexibility index (Phi) is 5.58. The van der Waals surface area contributed by atoms with E-state index < -0.39 is 0 Å². The van der Waals surface area contributed by atoms with Gasteiger partial charge in [0.2, 0.25) is 0 Å². The maximum absolute atomic E-state index is 8.50. The van der Waals surface area contributed by atoms with Gasteiger partial charge in [0.1, 0.15) is 0 Å². The number of ether oxygens (including phenoxy) is 2. The highest BCUT2D eigenvalue weighted by Crippen LogP contribution is 2.01. The van der Waals surface area contributed by atoms with Gasteiger partial charge in [-0.15, -0.1) is 0 Å². The van der Waals surface area contributed by atoms with Crippen LogP contribution in [0.3, 0.4) is 0 Å². The third kappa shape index (κ3) is 4.73. The van der Waals surface area contributed by atoms with E-state index in [1.807, 2.05) is 13.8 Å². The average Bonchev–Trinajstić information content (AvgIpc) is 1.88. The molecule has 0 aliphatic carbocycles. The molecule has 3 nitrogen and oxygen atoms in total. The number of rotatable bonds is 5. The minimum absolute atomic E-state index is 0.0694. The van der Waals surface area contributed by atoms with Gasteiger partial charge in [0.05, 0.1) is 6.10 Å². The zero-order valence-electron chi connectivity index (χ0n) is 6.83. The molecule has 0 aromatic rings. The maximum Gasteiger partial charge on any atom is 0.154 e. The molecule has 0 radical (unpaired) electrons. The van der Waals surface area contributed by atoms with Gasteiger partial charge < -0.3 is 14.6 Å². The SMILES string of the molecule is CO[C@H](C)O[C@H](C)CCO. The van der Waals surface area contributed by atoms with E-state index in [-0.39, 0.29) is 19.0 Å². The van der Waals surface area contributed by atoms with Crippen LogP contribution >= 0.6 is 0 Å². The van der Waals surface area contributed by atoms with Crippen LogP contribution in [0.4, 0.5) is 0 Å². The number of methoxy groups -OCH3 is 1. The summed E-state index contributed by atoms with van der Waals surface area (Å²) < 4.78 is 10.1. The number of hydrogen-bond acceptors (Lipinski definition) is 3. The summed E-state index contributed by atoms with van der Waals surface area (Å²) in [5, 5.41) is 8.50. The first-order valence-corrected chi connectivity index (χ1v) is 3.49. The Bertz CT molecular complexity index is 75.3. The molecule has 0 aliphatic rings. The Labute approximate surface area is 62.0 Å². The fraction of sp³-hybridized carbons (Fsp3) is 1.00. The smallest absolute Gasteiger partial charge is 0.154 e. The van der Waals surface area contributed by atoms with Crippen LogP contribution in [0, 0.1) is 0 Å². The molecule has 0 rings (SSSR count). The molecule has 0 heterocycles. The summed E-state index contributed by atoms with van der Waals surface area (Å²) in [5.41, 5.74) is 0. The zero-order chi connectivity index (χ0) is 7.98. The normalized spacial score (nSPS) is 16.8. The maximum atomic E-state index is 8.50. The second kappa shape index (κ2) is 5.65. The van der Waals surface area contributed by atoms with Crippen molar-refractivity contribution in [1.29, 1.82) is 0 Å². The van der Waals surface area contributed by atoms with Crippen LogP contribution in [0.1, 0.15) is 20.3 Å². The van der Waals surface area contributed by atoms with Crippen LogP contribution in [0.5, 0.6) is 0 Å². The number of aliphatic hydroxyl groups is 1. The molecule has 3 heteroatoms. The first-order valence-electron chi connectivity index (χ1n) is 3.49. The highest BCUT2D eigenvalue weighted by molar-refractivity contribution is 4.47. The van der Waals surface area contributed by atoms with Crippen LogP contribution in [-0.2, 0) is 9.47 Å². The van der Waals surface area contributed by atoms with Crippen LogP contribution in [0.2, 0.25) is 0 Å². The van der Waals surface area contributed by atoms with Crippen LogP contribution in [-0.4, -0.2) is 31.2 Å². The molecule has 0 amide bonds. The van der Waals surface area contributed by atoms with E-state index in [1.165, 1.54) is 0 Å². The highest BCUT2D eigenvalue weighted by Gasteiger charge is 2.05. The van der Waals surface area contributed by atoms with Crippen LogP contribution in [0.25, 0.3) is 0 Å². The third-order valence-electron chi connectivity index (χ3n) is 1.29. The Morgan fingerprint density at radius 2 is 2.00 bits per heavy atom. The quantitative estimate of drug-likeness (QED) is 0.585. The molecule has 10 heavy (non-hydrogen) atoms. The lowest BCUT2D eigenvalue weighted by molar-refractivity contribution is -0.142. The molecule has 0 bridgehead atoms. The van der Waals surface area contributed by atoms with E-state index in [0.29, 0.717) is 6.42 Å². The summed E-state index contributed by atoms with van der Waals surface area (Å²) in [6.07, 6.45) is 0.551. The minimum Gasteiger partial charge on any atom is -0.396 e. The van der Waals surface area contributed by atoms with Gasteiger partial charge >= 0.3 is 0 Å². The molecule has 0 saturated heterocycles. The van der Waals surface area contributed by atoms with Gasteiger partial charge in [-0.2, -0.15) is 0 Å². The molecule has 0 unspecified atom stereocenters. The first kappa shape index (κ1) is 9.88. The van der Waals surface area contributed by atoms with Crippen molar-refractivity contribution in [3.63, 3.8) is 0 Å².